The van der Waals surface area contributed by atoms with Crippen molar-refractivity contribution in [2.24, 2.45) is 0 Å². The Kier molecular flexibility index (Phi) is 6.25. The van der Waals surface area contributed by atoms with Crippen LogP contribution in [0, 0.1) is 0 Å². The molecule has 4 aliphatic rings. The zero-order valence-corrected chi connectivity index (χ0v) is 18.0. The van der Waals surface area contributed by atoms with Gasteiger partial charge in [-0.3, -0.25) is 14.6 Å². The number of nitrogens with one attached hydrogen (secondary N) is 1. The van der Waals surface area contributed by atoms with Crippen molar-refractivity contribution in [3.8, 4) is 5.75 Å². The molecule has 5 rings (SSSR count). The van der Waals surface area contributed by atoms with Crippen molar-refractivity contribution in [2.75, 3.05) is 39.5 Å². The van der Waals surface area contributed by atoms with Gasteiger partial charge in [-0.15, -0.1) is 0 Å². The van der Waals surface area contributed by atoms with Crippen LogP contribution in [-0.4, -0.2) is 73.4 Å². The van der Waals surface area contributed by atoms with E-state index < -0.39 is 0 Å². The molecule has 3 fully saturated rings. The SMILES string of the molecule is O=C1CC(N2CCOCC2)CC(N2CCCCC[C@@H]2Cc2cccc3c2OCC3)N1. The number of fused-ring (bicyclic) bond motifs is 1. The molecule has 1 aromatic rings. The number of morpholine rings is 1. The summed E-state index contributed by atoms with van der Waals surface area (Å²) in [6, 6.07) is 7.41. The fourth-order valence-corrected chi connectivity index (χ4v) is 5.82. The van der Waals surface area contributed by atoms with Crippen LogP contribution >= 0.6 is 0 Å². The summed E-state index contributed by atoms with van der Waals surface area (Å²) in [5.74, 6) is 1.33. The molecular formula is C24H35N3O3. The number of rotatable bonds is 4. The van der Waals surface area contributed by atoms with Gasteiger partial charge in [-0.25, -0.2) is 0 Å². The third kappa shape index (κ3) is 4.36. The first-order valence-electron chi connectivity index (χ1n) is 11.9. The second-order valence-electron chi connectivity index (χ2n) is 9.27. The fraction of sp³-hybridized carbons (Fsp3) is 0.708. The number of benzene rings is 1. The van der Waals surface area contributed by atoms with Gasteiger partial charge in [0.05, 0.1) is 26.0 Å². The van der Waals surface area contributed by atoms with E-state index in [0.717, 1.165) is 64.5 Å². The van der Waals surface area contributed by atoms with Crippen LogP contribution < -0.4 is 10.1 Å². The Morgan fingerprint density at radius 1 is 1.07 bits per heavy atom. The van der Waals surface area contributed by atoms with Gasteiger partial charge in [0.1, 0.15) is 5.75 Å². The highest BCUT2D eigenvalue weighted by Gasteiger charge is 2.37. The molecule has 4 aliphatic heterocycles. The Bertz CT molecular complexity index is 749. The lowest BCUT2D eigenvalue weighted by atomic mass is 9.95. The third-order valence-electron chi connectivity index (χ3n) is 7.38. The molecule has 4 heterocycles. The van der Waals surface area contributed by atoms with Gasteiger partial charge >= 0.3 is 0 Å². The van der Waals surface area contributed by atoms with Crippen LogP contribution in [0.4, 0.5) is 0 Å². The minimum atomic E-state index is 0.139. The minimum absolute atomic E-state index is 0.139. The molecule has 1 N–H and O–H groups in total. The highest BCUT2D eigenvalue weighted by atomic mass is 16.5. The summed E-state index contributed by atoms with van der Waals surface area (Å²) in [5, 5.41) is 3.35. The van der Waals surface area contributed by atoms with E-state index in [-0.39, 0.29) is 12.1 Å². The lowest BCUT2D eigenvalue weighted by molar-refractivity contribution is -0.129. The second kappa shape index (κ2) is 9.25. The molecule has 0 bridgehead atoms. The molecule has 0 aliphatic carbocycles. The molecule has 0 aromatic heterocycles. The van der Waals surface area contributed by atoms with E-state index in [1.54, 1.807) is 0 Å². The van der Waals surface area contributed by atoms with Gasteiger partial charge in [0.25, 0.3) is 0 Å². The van der Waals surface area contributed by atoms with E-state index in [2.05, 4.69) is 33.3 Å². The number of carbonyl (C=O) groups excluding carboxylic acids is 1. The maximum absolute atomic E-state index is 12.7. The topological polar surface area (TPSA) is 54.0 Å². The molecule has 6 heteroatoms. The zero-order valence-electron chi connectivity index (χ0n) is 18.0. The summed E-state index contributed by atoms with van der Waals surface area (Å²) in [7, 11) is 0. The average molecular weight is 414 g/mol. The molecule has 3 atom stereocenters. The standard InChI is InChI=1S/C24H35N3O3/c28-23-17-21(26-10-13-29-14-11-26)16-22(25-23)27-9-3-1-2-7-20(27)15-19-6-4-5-18-8-12-30-24(18)19/h4-6,20-22H,1-3,7-17H2,(H,25,28)/t20-,21?,22?/m1/s1. The fourth-order valence-electron chi connectivity index (χ4n) is 5.82. The molecule has 1 amide bonds. The van der Waals surface area contributed by atoms with Crippen LogP contribution in [0.15, 0.2) is 18.2 Å². The highest BCUT2D eigenvalue weighted by Crippen LogP contribution is 2.33. The summed E-state index contributed by atoms with van der Waals surface area (Å²) < 4.78 is 11.5. The Hall–Kier alpha value is -1.63. The van der Waals surface area contributed by atoms with Gasteiger partial charge in [0.2, 0.25) is 5.91 Å². The van der Waals surface area contributed by atoms with Gasteiger partial charge in [-0.2, -0.15) is 0 Å². The molecule has 0 saturated carbocycles. The van der Waals surface area contributed by atoms with Crippen molar-refractivity contribution in [1.82, 2.24) is 15.1 Å². The molecule has 1 aromatic carbocycles. The van der Waals surface area contributed by atoms with E-state index in [1.165, 1.54) is 36.8 Å². The average Bonchev–Trinajstić information content (AvgIpc) is 3.14. The molecule has 3 saturated heterocycles. The van der Waals surface area contributed by atoms with E-state index >= 15 is 0 Å². The first-order valence-corrected chi connectivity index (χ1v) is 11.9. The molecule has 2 unspecified atom stereocenters. The van der Waals surface area contributed by atoms with Crippen LogP contribution in [0.2, 0.25) is 0 Å². The minimum Gasteiger partial charge on any atom is -0.493 e. The van der Waals surface area contributed by atoms with Crippen molar-refractivity contribution in [3.05, 3.63) is 29.3 Å². The maximum Gasteiger partial charge on any atom is 0.222 e. The lowest BCUT2D eigenvalue weighted by Crippen LogP contribution is -2.60. The number of piperidine rings is 1. The van der Waals surface area contributed by atoms with Crippen molar-refractivity contribution < 1.29 is 14.3 Å². The monoisotopic (exact) mass is 413 g/mol. The molecule has 0 spiro atoms. The van der Waals surface area contributed by atoms with Crippen LogP contribution in [0.25, 0.3) is 0 Å². The molecule has 0 radical (unpaired) electrons. The molecule has 6 nitrogen and oxygen atoms in total. The van der Waals surface area contributed by atoms with Crippen LogP contribution in [-0.2, 0) is 22.4 Å². The molecular weight excluding hydrogens is 378 g/mol. The normalized spacial score (nSPS) is 30.9. The van der Waals surface area contributed by atoms with E-state index in [9.17, 15) is 4.79 Å². The number of carbonyl (C=O) groups is 1. The van der Waals surface area contributed by atoms with E-state index in [1.807, 2.05) is 0 Å². The lowest BCUT2D eigenvalue weighted by Gasteiger charge is -2.45. The summed E-state index contributed by atoms with van der Waals surface area (Å²) >= 11 is 0. The highest BCUT2D eigenvalue weighted by molar-refractivity contribution is 5.77. The number of para-hydroxylation sites is 1. The van der Waals surface area contributed by atoms with Crippen molar-refractivity contribution in [3.63, 3.8) is 0 Å². The van der Waals surface area contributed by atoms with Gasteiger partial charge in [0, 0.05) is 44.6 Å². The Morgan fingerprint density at radius 2 is 1.97 bits per heavy atom. The number of hydrogen-bond donors (Lipinski definition) is 1. The van der Waals surface area contributed by atoms with Crippen LogP contribution in [0.5, 0.6) is 5.75 Å². The Morgan fingerprint density at radius 3 is 2.87 bits per heavy atom. The Balaban J connectivity index is 1.34. The zero-order chi connectivity index (χ0) is 20.3. The predicted molar refractivity (Wildman–Crippen MR) is 116 cm³/mol. The first-order chi connectivity index (χ1) is 14.8. The second-order valence-corrected chi connectivity index (χ2v) is 9.27. The summed E-state index contributed by atoms with van der Waals surface area (Å²) in [6.45, 7) is 5.34. The number of amides is 1. The van der Waals surface area contributed by atoms with Crippen LogP contribution in [0.3, 0.4) is 0 Å². The van der Waals surface area contributed by atoms with Crippen molar-refractivity contribution >= 4 is 5.91 Å². The smallest absolute Gasteiger partial charge is 0.222 e. The number of hydrogen-bond acceptors (Lipinski definition) is 5. The summed E-state index contributed by atoms with van der Waals surface area (Å²) in [5.41, 5.74) is 2.69. The third-order valence-corrected chi connectivity index (χ3v) is 7.38. The maximum atomic E-state index is 12.7. The van der Waals surface area contributed by atoms with E-state index in [4.69, 9.17) is 9.47 Å². The summed E-state index contributed by atoms with van der Waals surface area (Å²) in [4.78, 5) is 17.7. The summed E-state index contributed by atoms with van der Waals surface area (Å²) in [6.07, 6.45) is 8.77. The number of likely N-dealkylation sites (tertiary alicyclic amines) is 1. The van der Waals surface area contributed by atoms with Gasteiger partial charge < -0.3 is 14.8 Å². The van der Waals surface area contributed by atoms with Gasteiger partial charge in [-0.05, 0) is 36.8 Å². The quantitative estimate of drug-likeness (QED) is 0.821. The number of nitrogens with zero attached hydrogens (tertiary/aromatic N) is 2. The predicted octanol–water partition coefficient (Wildman–Crippen LogP) is 2.35. The van der Waals surface area contributed by atoms with Crippen molar-refractivity contribution in [1.29, 1.82) is 0 Å². The largest absolute Gasteiger partial charge is 0.493 e. The number of ether oxygens (including phenoxy) is 2. The molecule has 164 valence electrons. The van der Waals surface area contributed by atoms with E-state index in [0.29, 0.717) is 18.5 Å². The van der Waals surface area contributed by atoms with Crippen LogP contribution in [0.1, 0.15) is 49.7 Å². The Labute approximate surface area is 179 Å². The van der Waals surface area contributed by atoms with Gasteiger partial charge in [-0.1, -0.05) is 31.0 Å². The first kappa shape index (κ1) is 20.3. The van der Waals surface area contributed by atoms with Crippen molar-refractivity contribution in [2.45, 2.75) is 69.6 Å². The molecule has 30 heavy (non-hydrogen) atoms. The van der Waals surface area contributed by atoms with Gasteiger partial charge in [0.15, 0.2) is 0 Å².